The normalized spacial score (nSPS) is 35.1. The summed E-state index contributed by atoms with van der Waals surface area (Å²) < 4.78 is 0. The minimum absolute atomic E-state index is 0.262. The highest BCUT2D eigenvalue weighted by atomic mass is 16.2. The molecule has 0 saturated heterocycles. The minimum Gasteiger partial charge on any atom is -0.353 e. The van der Waals surface area contributed by atoms with Gasteiger partial charge in [0.15, 0.2) is 0 Å². The molecule has 2 aliphatic carbocycles. The molecule has 0 aromatic carbocycles. The third-order valence-electron chi connectivity index (χ3n) is 3.00. The molecule has 12 heavy (non-hydrogen) atoms. The van der Waals surface area contributed by atoms with E-state index in [1.807, 2.05) is 0 Å². The monoisotopic (exact) mass is 168 g/mol. The van der Waals surface area contributed by atoms with E-state index in [4.69, 9.17) is 5.73 Å². The van der Waals surface area contributed by atoms with E-state index < -0.39 is 0 Å². The second-order valence-electron chi connectivity index (χ2n) is 4.06. The maximum absolute atomic E-state index is 11.4. The van der Waals surface area contributed by atoms with Crippen LogP contribution in [0.15, 0.2) is 0 Å². The van der Waals surface area contributed by atoms with Gasteiger partial charge in [-0.15, -0.1) is 0 Å². The average Bonchev–Trinajstić information content (AvgIpc) is 1.79. The number of hydrogen-bond donors (Lipinski definition) is 2. The molecule has 2 saturated carbocycles. The maximum Gasteiger partial charge on any atom is 0.223 e. The largest absolute Gasteiger partial charge is 0.353 e. The summed E-state index contributed by atoms with van der Waals surface area (Å²) in [5.74, 6) is 0.583. The number of hydrogen-bond acceptors (Lipinski definition) is 2. The van der Waals surface area contributed by atoms with Crippen molar-refractivity contribution in [1.82, 2.24) is 5.32 Å². The minimum atomic E-state index is 0.262. The van der Waals surface area contributed by atoms with Crippen LogP contribution in [-0.2, 0) is 4.79 Å². The second-order valence-corrected chi connectivity index (χ2v) is 4.06. The van der Waals surface area contributed by atoms with Gasteiger partial charge in [0.1, 0.15) is 0 Å². The first-order valence-corrected chi connectivity index (χ1v) is 4.81. The fourth-order valence-corrected chi connectivity index (χ4v) is 1.77. The van der Waals surface area contributed by atoms with Crippen molar-refractivity contribution >= 4 is 5.91 Å². The van der Waals surface area contributed by atoms with Gasteiger partial charge in [-0.05, 0) is 25.7 Å². The maximum atomic E-state index is 11.4. The van der Waals surface area contributed by atoms with Crippen LogP contribution in [0, 0.1) is 5.92 Å². The Hall–Kier alpha value is -0.570. The van der Waals surface area contributed by atoms with Gasteiger partial charge in [0.05, 0.1) is 0 Å². The van der Waals surface area contributed by atoms with Crippen LogP contribution in [0.5, 0.6) is 0 Å². The summed E-state index contributed by atoms with van der Waals surface area (Å²) in [6, 6.07) is 0.713. The third-order valence-corrected chi connectivity index (χ3v) is 3.00. The van der Waals surface area contributed by atoms with Gasteiger partial charge in [0, 0.05) is 18.0 Å². The van der Waals surface area contributed by atoms with Crippen molar-refractivity contribution in [3.05, 3.63) is 0 Å². The SMILES string of the molecule is NC1CC(NC(=O)C2CCC2)C1. The van der Waals surface area contributed by atoms with Gasteiger partial charge in [0.2, 0.25) is 5.91 Å². The summed E-state index contributed by atoms with van der Waals surface area (Å²) in [4.78, 5) is 11.4. The topological polar surface area (TPSA) is 55.1 Å². The van der Waals surface area contributed by atoms with Gasteiger partial charge in [-0.2, -0.15) is 0 Å². The molecule has 68 valence electrons. The quantitative estimate of drug-likeness (QED) is 0.626. The first-order chi connectivity index (χ1) is 5.75. The van der Waals surface area contributed by atoms with Crippen LogP contribution in [0.3, 0.4) is 0 Å². The van der Waals surface area contributed by atoms with Crippen LogP contribution in [0.1, 0.15) is 32.1 Å². The van der Waals surface area contributed by atoms with E-state index in [9.17, 15) is 4.79 Å². The van der Waals surface area contributed by atoms with Crippen LogP contribution >= 0.6 is 0 Å². The summed E-state index contributed by atoms with van der Waals surface area (Å²) in [5.41, 5.74) is 5.62. The van der Waals surface area contributed by atoms with E-state index in [0.717, 1.165) is 25.7 Å². The summed E-state index contributed by atoms with van der Waals surface area (Å²) in [7, 11) is 0. The van der Waals surface area contributed by atoms with Crippen molar-refractivity contribution in [3.63, 3.8) is 0 Å². The molecule has 0 unspecified atom stereocenters. The van der Waals surface area contributed by atoms with E-state index in [0.29, 0.717) is 18.0 Å². The lowest BCUT2D eigenvalue weighted by Gasteiger charge is -2.35. The van der Waals surface area contributed by atoms with Crippen molar-refractivity contribution < 1.29 is 4.79 Å². The second kappa shape index (κ2) is 3.05. The van der Waals surface area contributed by atoms with E-state index in [2.05, 4.69) is 5.32 Å². The van der Waals surface area contributed by atoms with Crippen molar-refractivity contribution in [2.24, 2.45) is 11.7 Å². The fraction of sp³-hybridized carbons (Fsp3) is 0.889. The molecule has 0 atom stereocenters. The zero-order valence-corrected chi connectivity index (χ0v) is 7.25. The smallest absolute Gasteiger partial charge is 0.223 e. The Morgan fingerprint density at radius 2 is 2.00 bits per heavy atom. The molecule has 2 rings (SSSR count). The summed E-state index contributed by atoms with van der Waals surface area (Å²) in [5, 5.41) is 3.03. The van der Waals surface area contributed by atoms with Gasteiger partial charge in [-0.3, -0.25) is 4.79 Å². The Morgan fingerprint density at radius 1 is 1.33 bits per heavy atom. The van der Waals surface area contributed by atoms with E-state index in [1.54, 1.807) is 0 Å². The molecular weight excluding hydrogens is 152 g/mol. The number of rotatable bonds is 2. The highest BCUT2D eigenvalue weighted by molar-refractivity contribution is 5.79. The lowest BCUT2D eigenvalue weighted by Crippen LogP contribution is -2.52. The molecule has 3 heteroatoms. The highest BCUT2D eigenvalue weighted by Gasteiger charge is 2.31. The molecule has 0 bridgehead atoms. The van der Waals surface area contributed by atoms with E-state index in [-0.39, 0.29) is 5.91 Å². The van der Waals surface area contributed by atoms with Gasteiger partial charge >= 0.3 is 0 Å². The number of carbonyl (C=O) groups excluding carboxylic acids is 1. The standard InChI is InChI=1S/C9H16N2O/c10-7-4-8(5-7)11-9(12)6-2-1-3-6/h6-8H,1-5,10H2,(H,11,12). The van der Waals surface area contributed by atoms with Crippen LogP contribution in [0.4, 0.5) is 0 Å². The molecule has 2 fully saturated rings. The Morgan fingerprint density at radius 3 is 2.42 bits per heavy atom. The molecular formula is C9H16N2O. The molecule has 0 aromatic rings. The first kappa shape index (κ1) is 8.05. The van der Waals surface area contributed by atoms with Gasteiger partial charge in [0.25, 0.3) is 0 Å². The lowest BCUT2D eigenvalue weighted by molar-refractivity contribution is -0.128. The number of nitrogens with one attached hydrogen (secondary N) is 1. The Bertz CT molecular complexity index is 183. The number of amides is 1. The number of nitrogens with two attached hydrogens (primary N) is 1. The van der Waals surface area contributed by atoms with Gasteiger partial charge < -0.3 is 11.1 Å². The van der Waals surface area contributed by atoms with Crippen molar-refractivity contribution in [3.8, 4) is 0 Å². The van der Waals surface area contributed by atoms with Gasteiger partial charge in [-0.25, -0.2) is 0 Å². The van der Waals surface area contributed by atoms with Crippen molar-refractivity contribution in [2.45, 2.75) is 44.2 Å². The third kappa shape index (κ3) is 1.46. The molecule has 0 aromatic heterocycles. The van der Waals surface area contributed by atoms with Crippen LogP contribution in [-0.4, -0.2) is 18.0 Å². The Labute approximate surface area is 72.7 Å². The molecule has 0 spiro atoms. The average molecular weight is 168 g/mol. The number of carbonyl (C=O) groups is 1. The zero-order valence-electron chi connectivity index (χ0n) is 7.25. The molecule has 0 heterocycles. The molecule has 1 amide bonds. The van der Waals surface area contributed by atoms with Crippen LogP contribution < -0.4 is 11.1 Å². The molecule has 3 N–H and O–H groups in total. The highest BCUT2D eigenvalue weighted by Crippen LogP contribution is 2.27. The zero-order chi connectivity index (χ0) is 8.55. The Balaban J connectivity index is 1.69. The lowest BCUT2D eigenvalue weighted by atomic mass is 9.82. The predicted octanol–water partition coefficient (Wildman–Crippen LogP) is 0.392. The fourth-order valence-electron chi connectivity index (χ4n) is 1.77. The van der Waals surface area contributed by atoms with E-state index >= 15 is 0 Å². The van der Waals surface area contributed by atoms with Gasteiger partial charge in [-0.1, -0.05) is 6.42 Å². The summed E-state index contributed by atoms with van der Waals surface area (Å²) in [6.45, 7) is 0. The summed E-state index contributed by atoms with van der Waals surface area (Å²) in [6.07, 6.45) is 5.34. The van der Waals surface area contributed by atoms with E-state index in [1.165, 1.54) is 6.42 Å². The van der Waals surface area contributed by atoms with Crippen molar-refractivity contribution in [2.75, 3.05) is 0 Å². The Kier molecular flexibility index (Phi) is 2.05. The van der Waals surface area contributed by atoms with Crippen LogP contribution in [0.2, 0.25) is 0 Å². The van der Waals surface area contributed by atoms with Crippen LogP contribution in [0.25, 0.3) is 0 Å². The first-order valence-electron chi connectivity index (χ1n) is 4.81. The summed E-state index contributed by atoms with van der Waals surface area (Å²) >= 11 is 0. The van der Waals surface area contributed by atoms with Crippen molar-refractivity contribution in [1.29, 1.82) is 0 Å². The molecule has 3 nitrogen and oxygen atoms in total. The molecule has 0 aliphatic heterocycles. The molecule has 0 radical (unpaired) electrons. The molecule has 2 aliphatic rings. The predicted molar refractivity (Wildman–Crippen MR) is 46.5 cm³/mol.